The number of rotatable bonds is 5. The summed E-state index contributed by atoms with van der Waals surface area (Å²) in [6, 6.07) is 2.41. The average Bonchev–Trinajstić information content (AvgIpc) is 3.02. The maximum absolute atomic E-state index is 13.6. The highest BCUT2D eigenvalue weighted by atomic mass is 32.2. The van der Waals surface area contributed by atoms with Gasteiger partial charge in [0.25, 0.3) is 10.2 Å². The maximum Gasteiger partial charge on any atom is 0.281 e. The zero-order chi connectivity index (χ0) is 17.3. The van der Waals surface area contributed by atoms with E-state index in [2.05, 4.69) is 9.97 Å². The summed E-state index contributed by atoms with van der Waals surface area (Å²) in [5.74, 6) is -0.663. The van der Waals surface area contributed by atoms with Crippen LogP contribution in [0.4, 0.5) is 4.39 Å². The molecule has 0 fully saturated rings. The molecule has 24 heavy (non-hydrogen) atoms. The maximum atomic E-state index is 13.6. The van der Waals surface area contributed by atoms with Gasteiger partial charge >= 0.3 is 0 Å². The summed E-state index contributed by atoms with van der Waals surface area (Å²) in [6.45, 7) is 0.518. The molecular formula is C14H18FN5O3S. The number of aromatic nitrogens is 3. The lowest BCUT2D eigenvalue weighted by molar-refractivity contribution is 0.181. The van der Waals surface area contributed by atoms with Crippen LogP contribution in [0.1, 0.15) is 11.7 Å². The van der Waals surface area contributed by atoms with Crippen molar-refractivity contribution in [2.45, 2.75) is 12.6 Å². The summed E-state index contributed by atoms with van der Waals surface area (Å²) in [5.41, 5.74) is 0.752. The highest BCUT2D eigenvalue weighted by Crippen LogP contribution is 2.25. The molecule has 1 aliphatic rings. The highest BCUT2D eigenvalue weighted by Gasteiger charge is 2.34. The first-order valence-corrected chi connectivity index (χ1v) is 8.71. The smallest absolute Gasteiger partial charge is 0.281 e. The number of pyridine rings is 1. The predicted octanol–water partition coefficient (Wildman–Crippen LogP) is 0.659. The monoisotopic (exact) mass is 355 g/mol. The molecule has 3 rings (SSSR count). The molecule has 2 aromatic rings. The second kappa shape index (κ2) is 6.46. The van der Waals surface area contributed by atoms with Gasteiger partial charge in [-0.2, -0.15) is 17.0 Å². The summed E-state index contributed by atoms with van der Waals surface area (Å²) in [6.07, 6.45) is 4.67. The van der Waals surface area contributed by atoms with Gasteiger partial charge in [-0.15, -0.1) is 0 Å². The molecule has 0 aromatic carbocycles. The van der Waals surface area contributed by atoms with Crippen LogP contribution in [0.25, 0.3) is 0 Å². The fourth-order valence-electron chi connectivity index (χ4n) is 2.54. The average molecular weight is 355 g/mol. The Bertz CT molecular complexity index is 823. The van der Waals surface area contributed by atoms with Gasteiger partial charge in [0.1, 0.15) is 6.61 Å². The lowest BCUT2D eigenvalue weighted by Crippen LogP contribution is -2.46. The second-order valence-corrected chi connectivity index (χ2v) is 7.77. The van der Waals surface area contributed by atoms with Gasteiger partial charge in [0.15, 0.2) is 5.82 Å². The van der Waals surface area contributed by atoms with Gasteiger partial charge in [-0.25, -0.2) is 14.4 Å². The van der Waals surface area contributed by atoms with E-state index >= 15 is 0 Å². The molecule has 10 heteroatoms. The Morgan fingerprint density at radius 3 is 2.96 bits per heavy atom. The van der Waals surface area contributed by atoms with Crippen LogP contribution in [0.5, 0.6) is 5.88 Å². The molecule has 8 nitrogen and oxygen atoms in total. The molecule has 1 atom stereocenters. The van der Waals surface area contributed by atoms with Crippen molar-refractivity contribution in [3.05, 3.63) is 42.4 Å². The van der Waals surface area contributed by atoms with Crippen LogP contribution in [0, 0.1) is 5.82 Å². The topological polar surface area (TPSA) is 80.6 Å². The van der Waals surface area contributed by atoms with Gasteiger partial charge in [0.2, 0.25) is 5.88 Å². The number of halogens is 1. The van der Waals surface area contributed by atoms with Crippen molar-refractivity contribution in [1.82, 2.24) is 23.1 Å². The van der Waals surface area contributed by atoms with Crippen LogP contribution in [-0.2, 0) is 16.8 Å². The molecule has 0 saturated heterocycles. The molecule has 1 unspecified atom stereocenters. The predicted molar refractivity (Wildman–Crippen MR) is 84.0 cm³/mol. The van der Waals surface area contributed by atoms with Crippen LogP contribution >= 0.6 is 0 Å². The minimum atomic E-state index is -3.56. The van der Waals surface area contributed by atoms with Crippen LogP contribution < -0.4 is 4.74 Å². The summed E-state index contributed by atoms with van der Waals surface area (Å²) in [4.78, 5) is 7.91. The van der Waals surface area contributed by atoms with Crippen LogP contribution in [0.15, 0.2) is 30.9 Å². The number of hydrogen-bond acceptors (Lipinski definition) is 5. The van der Waals surface area contributed by atoms with Crippen molar-refractivity contribution in [3.8, 4) is 5.88 Å². The molecule has 0 N–H and O–H groups in total. The summed E-state index contributed by atoms with van der Waals surface area (Å²) in [5, 5.41) is 0. The quantitative estimate of drug-likeness (QED) is 0.787. The molecule has 0 radical (unpaired) electrons. The third-order valence-corrected chi connectivity index (χ3v) is 5.67. The van der Waals surface area contributed by atoms with E-state index in [1.54, 1.807) is 12.5 Å². The Morgan fingerprint density at radius 2 is 2.25 bits per heavy atom. The Hall–Kier alpha value is -2.04. The standard InChI is InChI=1S/C14H18FN5O3S/c1-18(2)24(21,22)19-7-11-6-16-10-20(11)12(8-19)9-23-14-13(15)4-3-5-17-14/h3-6,10,12H,7-9H2,1-2H3. The van der Waals surface area contributed by atoms with E-state index in [4.69, 9.17) is 4.74 Å². The zero-order valence-electron chi connectivity index (χ0n) is 13.3. The lowest BCUT2D eigenvalue weighted by Gasteiger charge is -2.34. The zero-order valence-corrected chi connectivity index (χ0v) is 14.1. The van der Waals surface area contributed by atoms with Gasteiger partial charge in [-0.05, 0) is 12.1 Å². The van der Waals surface area contributed by atoms with Crippen molar-refractivity contribution in [1.29, 1.82) is 0 Å². The summed E-state index contributed by atoms with van der Waals surface area (Å²) in [7, 11) is -0.600. The third-order valence-electron chi connectivity index (χ3n) is 3.82. The molecule has 0 spiro atoms. The highest BCUT2D eigenvalue weighted by molar-refractivity contribution is 7.86. The Balaban J connectivity index is 1.81. The van der Waals surface area contributed by atoms with E-state index in [1.165, 1.54) is 36.7 Å². The fraction of sp³-hybridized carbons (Fsp3) is 0.429. The number of imidazole rings is 1. The Labute approximate surface area is 139 Å². The van der Waals surface area contributed by atoms with Crippen molar-refractivity contribution >= 4 is 10.2 Å². The minimum absolute atomic E-state index is 0.0801. The van der Waals surface area contributed by atoms with Crippen molar-refractivity contribution in [3.63, 3.8) is 0 Å². The normalized spacial score (nSPS) is 18.6. The van der Waals surface area contributed by atoms with Gasteiger partial charge in [0.05, 0.1) is 24.6 Å². The molecule has 0 amide bonds. The number of ether oxygens (including phenoxy) is 1. The molecule has 2 aromatic heterocycles. The van der Waals surface area contributed by atoms with Crippen LogP contribution in [0.3, 0.4) is 0 Å². The number of fused-ring (bicyclic) bond motifs is 1. The summed E-state index contributed by atoms with van der Waals surface area (Å²) < 4.78 is 48.3. The van der Waals surface area contributed by atoms with E-state index in [1.807, 2.05) is 4.57 Å². The van der Waals surface area contributed by atoms with Gasteiger partial charge in [-0.1, -0.05) is 0 Å². The van der Waals surface area contributed by atoms with Gasteiger partial charge < -0.3 is 9.30 Å². The first-order valence-electron chi connectivity index (χ1n) is 7.31. The van der Waals surface area contributed by atoms with E-state index in [0.717, 1.165) is 10.00 Å². The van der Waals surface area contributed by atoms with E-state index in [9.17, 15) is 12.8 Å². The third kappa shape index (κ3) is 3.12. The second-order valence-electron chi connectivity index (χ2n) is 5.63. The van der Waals surface area contributed by atoms with Gasteiger partial charge in [-0.3, -0.25) is 0 Å². The SMILES string of the molecule is CN(C)S(=O)(=O)N1Cc2cncn2C(COc2ncccc2F)C1. The largest absolute Gasteiger partial charge is 0.473 e. The molecule has 3 heterocycles. The Morgan fingerprint density at radius 1 is 1.46 bits per heavy atom. The molecule has 0 saturated carbocycles. The van der Waals surface area contributed by atoms with Gasteiger partial charge in [0, 0.05) is 33.0 Å². The van der Waals surface area contributed by atoms with Crippen LogP contribution in [0.2, 0.25) is 0 Å². The lowest BCUT2D eigenvalue weighted by atomic mass is 10.2. The van der Waals surface area contributed by atoms with E-state index in [0.29, 0.717) is 0 Å². The number of hydrogen-bond donors (Lipinski definition) is 0. The van der Waals surface area contributed by atoms with Crippen LogP contribution in [-0.4, -0.2) is 58.8 Å². The first-order chi connectivity index (χ1) is 11.4. The van der Waals surface area contributed by atoms with E-state index in [-0.39, 0.29) is 31.6 Å². The van der Waals surface area contributed by atoms with Crippen molar-refractivity contribution in [2.75, 3.05) is 27.2 Å². The molecule has 0 bridgehead atoms. The number of nitrogens with zero attached hydrogens (tertiary/aromatic N) is 5. The molecule has 0 aliphatic carbocycles. The molecular weight excluding hydrogens is 337 g/mol. The Kier molecular flexibility index (Phi) is 4.52. The minimum Gasteiger partial charge on any atom is -0.473 e. The van der Waals surface area contributed by atoms with Crippen molar-refractivity contribution in [2.24, 2.45) is 0 Å². The molecule has 130 valence electrons. The fourth-order valence-corrected chi connectivity index (χ4v) is 3.66. The molecule has 1 aliphatic heterocycles. The first kappa shape index (κ1) is 16.8. The van der Waals surface area contributed by atoms with E-state index < -0.39 is 16.0 Å². The summed E-state index contributed by atoms with van der Waals surface area (Å²) >= 11 is 0. The van der Waals surface area contributed by atoms with Crippen molar-refractivity contribution < 1.29 is 17.5 Å².